The molecule has 3 N–H and O–H groups in total. The van der Waals surface area contributed by atoms with E-state index in [4.69, 9.17) is 21.8 Å². The number of hydrogen-bond acceptors (Lipinski definition) is 9. The quantitative estimate of drug-likeness (QED) is 0.345. The minimum Gasteiger partial charge on any atom is -0.423 e. The highest BCUT2D eigenvalue weighted by Crippen LogP contribution is 2.30. The molecule has 2 fully saturated rings. The summed E-state index contributed by atoms with van der Waals surface area (Å²) in [5, 5.41) is 8.11. The van der Waals surface area contributed by atoms with Crippen LogP contribution in [0.5, 0.6) is 0 Å². The van der Waals surface area contributed by atoms with Crippen LogP contribution in [0.4, 0.5) is 11.8 Å². The Morgan fingerprint density at radius 1 is 1.18 bits per heavy atom. The summed E-state index contributed by atoms with van der Waals surface area (Å²) in [4.78, 5) is 43.1. The zero-order valence-electron chi connectivity index (χ0n) is 21.2. The molecule has 0 bridgehead atoms. The average molecular weight is 550 g/mol. The lowest BCUT2D eigenvalue weighted by Gasteiger charge is -2.32. The van der Waals surface area contributed by atoms with Gasteiger partial charge in [-0.05, 0) is 57.0 Å². The Bertz CT molecular complexity index is 1570. The van der Waals surface area contributed by atoms with E-state index in [-0.39, 0.29) is 29.5 Å². The second-order valence-corrected chi connectivity index (χ2v) is 10.3. The van der Waals surface area contributed by atoms with Crippen molar-refractivity contribution in [2.45, 2.75) is 31.7 Å². The van der Waals surface area contributed by atoms with Gasteiger partial charge in [-0.25, -0.2) is 14.6 Å². The van der Waals surface area contributed by atoms with Crippen LogP contribution in [0, 0.1) is 0 Å². The van der Waals surface area contributed by atoms with Gasteiger partial charge in [-0.1, -0.05) is 17.7 Å². The number of nitrogens with zero attached hydrogens (tertiary/aromatic N) is 7. The molecule has 39 heavy (non-hydrogen) atoms. The van der Waals surface area contributed by atoms with Crippen LogP contribution in [-0.2, 0) is 4.79 Å². The van der Waals surface area contributed by atoms with E-state index in [0.29, 0.717) is 40.2 Å². The van der Waals surface area contributed by atoms with Crippen LogP contribution in [0.1, 0.15) is 42.2 Å². The first-order valence-corrected chi connectivity index (χ1v) is 13.4. The molecule has 3 aromatic heterocycles. The standard InChI is InChI=1S/C26H28ClN9O3/c27-16-7-8-19-18(13-16)31-26(39-19)32-25(38)22-21-23(28)29-15-30-24(21)36(33-22)17-5-3-12-35(14-17)20(37)6-4-11-34-9-1-2-10-34/h4,6-8,13,15,17H,1-3,5,9-12,14H2,(H2,28,29,30)(H,31,32,38). The van der Waals surface area contributed by atoms with Crippen LogP contribution >= 0.6 is 11.6 Å². The van der Waals surface area contributed by atoms with Crippen molar-refractivity contribution in [1.29, 1.82) is 0 Å². The van der Waals surface area contributed by atoms with Crippen molar-refractivity contribution in [3.63, 3.8) is 0 Å². The van der Waals surface area contributed by atoms with E-state index in [1.165, 1.54) is 19.2 Å². The molecule has 13 heteroatoms. The molecule has 0 saturated carbocycles. The van der Waals surface area contributed by atoms with Gasteiger partial charge in [-0.2, -0.15) is 10.1 Å². The van der Waals surface area contributed by atoms with Gasteiger partial charge in [0.05, 0.1) is 11.4 Å². The SMILES string of the molecule is Nc1ncnc2c1c(C(=O)Nc1nc3cc(Cl)ccc3o1)nn2C1CCCN(C(=O)C=CCN2CCCC2)C1. The van der Waals surface area contributed by atoms with Gasteiger partial charge in [0.25, 0.3) is 5.91 Å². The molecule has 0 spiro atoms. The molecule has 4 aromatic rings. The highest BCUT2D eigenvalue weighted by molar-refractivity contribution is 6.31. The van der Waals surface area contributed by atoms with Gasteiger partial charge in [0.1, 0.15) is 17.7 Å². The Morgan fingerprint density at radius 3 is 2.87 bits per heavy atom. The topological polar surface area (TPSA) is 148 Å². The van der Waals surface area contributed by atoms with Crippen molar-refractivity contribution in [3.05, 3.63) is 47.4 Å². The second-order valence-electron chi connectivity index (χ2n) is 9.83. The van der Waals surface area contributed by atoms with Crippen molar-refractivity contribution in [3.8, 4) is 0 Å². The number of aromatic nitrogens is 5. The maximum atomic E-state index is 13.3. The molecule has 2 aliphatic rings. The third-order valence-corrected chi connectivity index (χ3v) is 7.42. The van der Waals surface area contributed by atoms with Gasteiger partial charge < -0.3 is 15.1 Å². The Balaban J connectivity index is 1.23. The first-order chi connectivity index (χ1) is 19.0. The largest absolute Gasteiger partial charge is 0.423 e. The first-order valence-electron chi connectivity index (χ1n) is 13.0. The fraction of sp³-hybridized carbons (Fsp3) is 0.385. The number of fused-ring (bicyclic) bond motifs is 2. The van der Waals surface area contributed by atoms with Gasteiger partial charge in [0.15, 0.2) is 16.9 Å². The number of rotatable bonds is 6. The van der Waals surface area contributed by atoms with E-state index < -0.39 is 5.91 Å². The van der Waals surface area contributed by atoms with Gasteiger partial charge in [-0.3, -0.25) is 19.8 Å². The van der Waals surface area contributed by atoms with Crippen molar-refractivity contribution < 1.29 is 14.0 Å². The molecule has 0 aliphatic carbocycles. The fourth-order valence-electron chi connectivity index (χ4n) is 5.25. The summed E-state index contributed by atoms with van der Waals surface area (Å²) in [6.07, 6.45) is 8.94. The zero-order chi connectivity index (χ0) is 26.9. The first kappa shape index (κ1) is 25.3. The molecule has 5 heterocycles. The molecule has 2 amide bonds. The van der Waals surface area contributed by atoms with Crippen molar-refractivity contribution in [1.82, 2.24) is 34.5 Å². The van der Waals surface area contributed by atoms with E-state index in [1.54, 1.807) is 29.0 Å². The number of anilines is 2. The number of hydrogen-bond donors (Lipinski definition) is 2. The molecule has 1 unspecified atom stereocenters. The molecule has 202 valence electrons. The average Bonchev–Trinajstić information content (AvgIpc) is 3.67. The molecular formula is C26H28ClN9O3. The second kappa shape index (κ2) is 10.6. The normalized spacial score (nSPS) is 18.5. The number of nitrogens with one attached hydrogen (secondary N) is 1. The van der Waals surface area contributed by atoms with E-state index in [0.717, 1.165) is 32.5 Å². The predicted octanol–water partition coefficient (Wildman–Crippen LogP) is 3.27. The Labute approximate surface area is 228 Å². The van der Waals surface area contributed by atoms with Crippen LogP contribution in [0.15, 0.2) is 41.1 Å². The fourth-order valence-corrected chi connectivity index (χ4v) is 5.41. The highest BCUT2D eigenvalue weighted by atomic mass is 35.5. The molecular weight excluding hydrogens is 522 g/mol. The zero-order valence-corrected chi connectivity index (χ0v) is 22.0. The van der Waals surface area contributed by atoms with Gasteiger partial charge in [-0.15, -0.1) is 0 Å². The van der Waals surface area contributed by atoms with Crippen molar-refractivity contribution in [2.24, 2.45) is 0 Å². The third kappa shape index (κ3) is 5.17. The molecule has 1 atom stereocenters. The van der Waals surface area contributed by atoms with Crippen LogP contribution in [0.25, 0.3) is 22.1 Å². The lowest BCUT2D eigenvalue weighted by Crippen LogP contribution is -2.40. The predicted molar refractivity (Wildman–Crippen MR) is 146 cm³/mol. The molecule has 12 nitrogen and oxygen atoms in total. The lowest BCUT2D eigenvalue weighted by atomic mass is 10.1. The number of amides is 2. The summed E-state index contributed by atoms with van der Waals surface area (Å²) in [7, 11) is 0. The number of oxazole rings is 1. The number of carbonyl (C=O) groups excluding carboxylic acids is 2. The molecule has 6 rings (SSSR count). The number of benzene rings is 1. The van der Waals surface area contributed by atoms with Crippen LogP contribution in [0.3, 0.4) is 0 Å². The van der Waals surface area contributed by atoms with E-state index in [2.05, 4.69) is 30.3 Å². The molecule has 2 saturated heterocycles. The maximum absolute atomic E-state index is 13.3. The van der Waals surface area contributed by atoms with Gasteiger partial charge >= 0.3 is 6.01 Å². The summed E-state index contributed by atoms with van der Waals surface area (Å²) < 4.78 is 7.32. The number of nitrogens with two attached hydrogens (primary N) is 1. The van der Waals surface area contributed by atoms with Crippen LogP contribution < -0.4 is 11.1 Å². The summed E-state index contributed by atoms with van der Waals surface area (Å²) in [6.45, 7) is 4.06. The molecule has 0 radical (unpaired) electrons. The lowest BCUT2D eigenvalue weighted by molar-refractivity contribution is -0.127. The Hall–Kier alpha value is -4.03. The summed E-state index contributed by atoms with van der Waals surface area (Å²) in [5.74, 6) is -0.459. The summed E-state index contributed by atoms with van der Waals surface area (Å²) in [6, 6.07) is 4.82. The Kier molecular flexibility index (Phi) is 6.88. The number of likely N-dealkylation sites (tertiary alicyclic amines) is 2. The van der Waals surface area contributed by atoms with Crippen LogP contribution in [-0.4, -0.2) is 79.1 Å². The van der Waals surface area contributed by atoms with Crippen molar-refractivity contribution in [2.75, 3.05) is 43.8 Å². The van der Waals surface area contributed by atoms with E-state index >= 15 is 0 Å². The minimum atomic E-state index is -0.563. The number of piperidine rings is 1. The third-order valence-electron chi connectivity index (χ3n) is 7.18. The summed E-state index contributed by atoms with van der Waals surface area (Å²) in [5.41, 5.74) is 7.65. The summed E-state index contributed by atoms with van der Waals surface area (Å²) >= 11 is 6.03. The smallest absolute Gasteiger partial charge is 0.302 e. The number of nitrogen functional groups attached to an aromatic ring is 1. The van der Waals surface area contributed by atoms with E-state index in [1.807, 2.05) is 11.0 Å². The number of carbonyl (C=O) groups is 2. The molecule has 2 aliphatic heterocycles. The monoisotopic (exact) mass is 549 g/mol. The van der Waals surface area contributed by atoms with Gasteiger partial charge in [0.2, 0.25) is 5.91 Å². The number of halogens is 1. The highest BCUT2D eigenvalue weighted by Gasteiger charge is 2.30. The van der Waals surface area contributed by atoms with Crippen LogP contribution in [0.2, 0.25) is 5.02 Å². The Morgan fingerprint density at radius 2 is 2.03 bits per heavy atom. The van der Waals surface area contributed by atoms with Gasteiger partial charge in [0, 0.05) is 30.7 Å². The van der Waals surface area contributed by atoms with E-state index in [9.17, 15) is 9.59 Å². The molecule has 1 aromatic carbocycles. The van der Waals surface area contributed by atoms with Crippen molar-refractivity contribution >= 4 is 57.4 Å². The minimum absolute atomic E-state index is 0.00513. The maximum Gasteiger partial charge on any atom is 0.302 e.